The van der Waals surface area contributed by atoms with Gasteiger partial charge in [-0.2, -0.15) is 0 Å². The Morgan fingerprint density at radius 3 is 2.78 bits per heavy atom. The van der Waals surface area contributed by atoms with E-state index in [2.05, 4.69) is 26.3 Å². The summed E-state index contributed by atoms with van der Waals surface area (Å²) in [5, 5.41) is 0. The normalized spacial score (nSPS) is 15.8. The maximum atomic E-state index is 11.8. The van der Waals surface area contributed by atoms with Crippen LogP contribution in [0, 0.1) is 0 Å². The lowest BCUT2D eigenvalue weighted by atomic mass is 10.2. The SMILES string of the molecule is O=C(NOCCN1CCCC1)c1ccccc1Br. The van der Waals surface area contributed by atoms with E-state index >= 15 is 0 Å². The number of hydrogen-bond acceptors (Lipinski definition) is 3. The van der Waals surface area contributed by atoms with E-state index in [1.54, 1.807) is 6.07 Å². The quantitative estimate of drug-likeness (QED) is 0.669. The topological polar surface area (TPSA) is 41.6 Å². The van der Waals surface area contributed by atoms with Crippen LogP contribution in [0.25, 0.3) is 0 Å². The number of hydrogen-bond donors (Lipinski definition) is 1. The predicted molar refractivity (Wildman–Crippen MR) is 73.2 cm³/mol. The van der Waals surface area contributed by atoms with Crippen molar-refractivity contribution in [3.63, 3.8) is 0 Å². The van der Waals surface area contributed by atoms with E-state index < -0.39 is 0 Å². The zero-order valence-corrected chi connectivity index (χ0v) is 11.8. The standard InChI is InChI=1S/C13H17BrN2O2/c14-12-6-2-1-5-11(12)13(17)15-18-10-9-16-7-3-4-8-16/h1-2,5-6H,3-4,7-10H2,(H,15,17). The second-order valence-electron chi connectivity index (χ2n) is 4.31. The molecule has 0 atom stereocenters. The van der Waals surface area contributed by atoms with Crippen LogP contribution >= 0.6 is 15.9 Å². The lowest BCUT2D eigenvalue weighted by Gasteiger charge is -2.14. The summed E-state index contributed by atoms with van der Waals surface area (Å²) in [6.45, 7) is 3.68. The van der Waals surface area contributed by atoms with Crippen molar-refractivity contribution in [2.24, 2.45) is 0 Å². The Bertz CT molecular complexity index is 406. The first kappa shape index (κ1) is 13.5. The van der Waals surface area contributed by atoms with Gasteiger partial charge in [0.1, 0.15) is 0 Å². The minimum atomic E-state index is -0.219. The second kappa shape index (κ2) is 6.87. The number of carbonyl (C=O) groups excluding carboxylic acids is 1. The van der Waals surface area contributed by atoms with Crippen LogP contribution in [-0.4, -0.2) is 37.0 Å². The van der Waals surface area contributed by atoms with Crippen LogP contribution in [-0.2, 0) is 4.84 Å². The third-order valence-electron chi connectivity index (χ3n) is 2.99. The van der Waals surface area contributed by atoms with Gasteiger partial charge in [0.2, 0.25) is 0 Å². The number of benzene rings is 1. The second-order valence-corrected chi connectivity index (χ2v) is 5.16. The van der Waals surface area contributed by atoms with Crippen molar-refractivity contribution < 1.29 is 9.63 Å². The molecule has 0 bridgehead atoms. The molecule has 4 nitrogen and oxygen atoms in total. The highest BCUT2D eigenvalue weighted by molar-refractivity contribution is 9.10. The van der Waals surface area contributed by atoms with Gasteiger partial charge in [0.05, 0.1) is 12.2 Å². The fraction of sp³-hybridized carbons (Fsp3) is 0.462. The van der Waals surface area contributed by atoms with Crippen molar-refractivity contribution in [1.29, 1.82) is 0 Å². The zero-order chi connectivity index (χ0) is 12.8. The van der Waals surface area contributed by atoms with Crippen LogP contribution in [0.2, 0.25) is 0 Å². The number of likely N-dealkylation sites (tertiary alicyclic amines) is 1. The molecule has 1 fully saturated rings. The van der Waals surface area contributed by atoms with Gasteiger partial charge in [0.25, 0.3) is 5.91 Å². The Kier molecular flexibility index (Phi) is 5.16. The van der Waals surface area contributed by atoms with E-state index in [0.717, 1.165) is 24.1 Å². The van der Waals surface area contributed by atoms with E-state index in [1.165, 1.54) is 12.8 Å². The summed E-state index contributed by atoms with van der Waals surface area (Å²) in [4.78, 5) is 19.3. The van der Waals surface area contributed by atoms with Gasteiger partial charge in [-0.05, 0) is 54.0 Å². The molecule has 0 aromatic heterocycles. The Morgan fingerprint density at radius 1 is 1.33 bits per heavy atom. The molecule has 1 saturated heterocycles. The molecule has 1 aliphatic heterocycles. The molecule has 0 radical (unpaired) electrons. The maximum absolute atomic E-state index is 11.8. The van der Waals surface area contributed by atoms with Gasteiger partial charge in [-0.3, -0.25) is 9.63 Å². The van der Waals surface area contributed by atoms with E-state index in [1.807, 2.05) is 18.2 Å². The average molecular weight is 313 g/mol. The number of hydroxylamine groups is 1. The molecule has 0 saturated carbocycles. The minimum Gasteiger partial charge on any atom is -0.301 e. The van der Waals surface area contributed by atoms with Gasteiger partial charge in [-0.1, -0.05) is 12.1 Å². The van der Waals surface area contributed by atoms with Crippen LogP contribution in [0.4, 0.5) is 0 Å². The van der Waals surface area contributed by atoms with Gasteiger partial charge in [0.15, 0.2) is 0 Å². The van der Waals surface area contributed by atoms with Crippen LogP contribution < -0.4 is 5.48 Å². The summed E-state index contributed by atoms with van der Waals surface area (Å²) in [7, 11) is 0. The number of halogens is 1. The van der Waals surface area contributed by atoms with Crippen molar-refractivity contribution in [2.75, 3.05) is 26.2 Å². The summed E-state index contributed by atoms with van der Waals surface area (Å²) in [5.74, 6) is -0.219. The number of nitrogens with zero attached hydrogens (tertiary/aromatic N) is 1. The molecule has 0 spiro atoms. The first-order chi connectivity index (χ1) is 8.77. The van der Waals surface area contributed by atoms with Crippen LogP contribution in [0.1, 0.15) is 23.2 Å². The van der Waals surface area contributed by atoms with Crippen molar-refractivity contribution in [3.05, 3.63) is 34.3 Å². The number of rotatable bonds is 5. The lowest BCUT2D eigenvalue weighted by Crippen LogP contribution is -2.30. The van der Waals surface area contributed by atoms with Gasteiger partial charge >= 0.3 is 0 Å². The molecule has 5 heteroatoms. The summed E-state index contributed by atoms with van der Waals surface area (Å²) >= 11 is 3.34. The van der Waals surface area contributed by atoms with E-state index in [4.69, 9.17) is 4.84 Å². The summed E-state index contributed by atoms with van der Waals surface area (Å²) in [6, 6.07) is 7.28. The highest BCUT2D eigenvalue weighted by Gasteiger charge is 2.12. The molecule has 0 aliphatic carbocycles. The van der Waals surface area contributed by atoms with E-state index in [0.29, 0.717) is 12.2 Å². The third-order valence-corrected chi connectivity index (χ3v) is 3.68. The molecule has 1 N–H and O–H groups in total. The van der Waals surface area contributed by atoms with Crippen molar-refractivity contribution in [2.45, 2.75) is 12.8 Å². The van der Waals surface area contributed by atoms with E-state index in [9.17, 15) is 4.79 Å². The highest BCUT2D eigenvalue weighted by Crippen LogP contribution is 2.15. The molecule has 1 aromatic carbocycles. The Morgan fingerprint density at radius 2 is 2.06 bits per heavy atom. The molecule has 98 valence electrons. The van der Waals surface area contributed by atoms with Crippen molar-refractivity contribution in [3.8, 4) is 0 Å². The van der Waals surface area contributed by atoms with Crippen LogP contribution in [0.5, 0.6) is 0 Å². The van der Waals surface area contributed by atoms with Crippen molar-refractivity contribution in [1.82, 2.24) is 10.4 Å². The Labute approximate surface area is 115 Å². The molecule has 1 aliphatic rings. The first-order valence-corrected chi connectivity index (χ1v) is 6.95. The molecule has 2 rings (SSSR count). The highest BCUT2D eigenvalue weighted by atomic mass is 79.9. The summed E-state index contributed by atoms with van der Waals surface area (Å²) in [6.07, 6.45) is 2.53. The molecule has 1 heterocycles. The molecule has 1 aromatic rings. The Hall–Kier alpha value is -0.910. The largest absolute Gasteiger partial charge is 0.301 e. The summed E-state index contributed by atoms with van der Waals surface area (Å²) < 4.78 is 0.769. The molecule has 0 unspecified atom stereocenters. The number of amides is 1. The predicted octanol–water partition coefficient (Wildman–Crippen LogP) is 2.21. The number of carbonyl (C=O) groups is 1. The van der Waals surface area contributed by atoms with Crippen LogP contribution in [0.15, 0.2) is 28.7 Å². The van der Waals surface area contributed by atoms with Gasteiger partial charge in [-0.15, -0.1) is 0 Å². The summed E-state index contributed by atoms with van der Waals surface area (Å²) in [5.41, 5.74) is 3.05. The van der Waals surface area contributed by atoms with Gasteiger partial charge < -0.3 is 4.90 Å². The molecule has 1 amide bonds. The fourth-order valence-electron chi connectivity index (χ4n) is 2.00. The minimum absolute atomic E-state index is 0.219. The Balaban J connectivity index is 1.70. The lowest BCUT2D eigenvalue weighted by molar-refractivity contribution is 0.0243. The molecular formula is C13H17BrN2O2. The molecular weight excluding hydrogens is 296 g/mol. The smallest absolute Gasteiger partial charge is 0.275 e. The fourth-order valence-corrected chi connectivity index (χ4v) is 2.46. The average Bonchev–Trinajstić information content (AvgIpc) is 2.88. The number of nitrogens with one attached hydrogen (secondary N) is 1. The molecule has 18 heavy (non-hydrogen) atoms. The van der Waals surface area contributed by atoms with Gasteiger partial charge in [-0.25, -0.2) is 5.48 Å². The van der Waals surface area contributed by atoms with Crippen molar-refractivity contribution >= 4 is 21.8 Å². The monoisotopic (exact) mass is 312 g/mol. The maximum Gasteiger partial charge on any atom is 0.275 e. The third kappa shape index (κ3) is 3.80. The van der Waals surface area contributed by atoms with E-state index in [-0.39, 0.29) is 5.91 Å². The van der Waals surface area contributed by atoms with Crippen LogP contribution in [0.3, 0.4) is 0 Å². The van der Waals surface area contributed by atoms with Gasteiger partial charge in [0, 0.05) is 11.0 Å². The zero-order valence-electron chi connectivity index (χ0n) is 10.2. The first-order valence-electron chi connectivity index (χ1n) is 6.16.